The molecular formula is C17H14Cl2N2O3. The molecule has 124 valence electrons. The van der Waals surface area contributed by atoms with E-state index in [1.807, 2.05) is 12.1 Å². The van der Waals surface area contributed by atoms with Gasteiger partial charge in [0.05, 0.1) is 21.3 Å². The van der Waals surface area contributed by atoms with Crippen molar-refractivity contribution in [2.24, 2.45) is 0 Å². The van der Waals surface area contributed by atoms with Gasteiger partial charge < -0.3 is 14.2 Å². The van der Waals surface area contributed by atoms with Gasteiger partial charge in [-0.05, 0) is 30.3 Å². The summed E-state index contributed by atoms with van der Waals surface area (Å²) in [6.07, 6.45) is 0. The number of benzene rings is 2. The standard InChI is InChI=1S/C17H14Cl2N2O3/c1-22-12-8-11-13(15(24-3)14(12)23-2)20-17(21-16(11)19)9-4-6-10(18)7-5-9/h4-8H,1-3H3. The van der Waals surface area contributed by atoms with E-state index < -0.39 is 0 Å². The van der Waals surface area contributed by atoms with E-state index in [2.05, 4.69) is 9.97 Å². The Balaban J connectivity index is 2.31. The molecule has 3 rings (SSSR count). The molecule has 24 heavy (non-hydrogen) atoms. The largest absolute Gasteiger partial charge is 0.493 e. The Bertz CT molecular complexity index is 899. The SMILES string of the molecule is COc1cc2c(Cl)nc(-c3ccc(Cl)cc3)nc2c(OC)c1OC. The highest BCUT2D eigenvalue weighted by Crippen LogP contribution is 2.44. The van der Waals surface area contributed by atoms with Gasteiger partial charge in [-0.15, -0.1) is 0 Å². The van der Waals surface area contributed by atoms with E-state index in [0.717, 1.165) is 5.56 Å². The molecule has 0 saturated heterocycles. The highest BCUT2D eigenvalue weighted by atomic mass is 35.5. The van der Waals surface area contributed by atoms with Crippen LogP contribution in [0.4, 0.5) is 0 Å². The normalized spacial score (nSPS) is 10.7. The molecule has 0 aliphatic heterocycles. The molecule has 0 radical (unpaired) electrons. The number of ether oxygens (including phenoxy) is 3. The van der Waals surface area contributed by atoms with Crippen LogP contribution >= 0.6 is 23.2 Å². The summed E-state index contributed by atoms with van der Waals surface area (Å²) >= 11 is 12.3. The van der Waals surface area contributed by atoms with Gasteiger partial charge in [0.25, 0.3) is 0 Å². The second-order valence-corrected chi connectivity index (χ2v) is 5.68. The molecule has 0 aliphatic carbocycles. The highest BCUT2D eigenvalue weighted by Gasteiger charge is 2.20. The molecular weight excluding hydrogens is 351 g/mol. The molecule has 5 nitrogen and oxygen atoms in total. The van der Waals surface area contributed by atoms with E-state index >= 15 is 0 Å². The quantitative estimate of drug-likeness (QED) is 0.631. The van der Waals surface area contributed by atoms with Crippen molar-refractivity contribution in [3.63, 3.8) is 0 Å². The third-order valence-corrected chi connectivity index (χ3v) is 4.09. The van der Waals surface area contributed by atoms with Crippen molar-refractivity contribution in [3.8, 4) is 28.6 Å². The summed E-state index contributed by atoms with van der Waals surface area (Å²) in [5.41, 5.74) is 1.33. The molecule has 0 spiro atoms. The minimum absolute atomic E-state index is 0.296. The summed E-state index contributed by atoms with van der Waals surface area (Å²) in [6, 6.07) is 8.92. The Morgan fingerprint density at radius 1 is 0.833 bits per heavy atom. The predicted octanol–water partition coefficient (Wildman–Crippen LogP) is 4.63. The number of hydrogen-bond acceptors (Lipinski definition) is 5. The van der Waals surface area contributed by atoms with Crippen molar-refractivity contribution in [1.82, 2.24) is 9.97 Å². The maximum absolute atomic E-state index is 6.37. The fraction of sp³-hybridized carbons (Fsp3) is 0.176. The van der Waals surface area contributed by atoms with Crippen LogP contribution in [0, 0.1) is 0 Å². The molecule has 0 N–H and O–H groups in total. The van der Waals surface area contributed by atoms with Gasteiger partial charge in [0.2, 0.25) is 5.75 Å². The number of hydrogen-bond donors (Lipinski definition) is 0. The van der Waals surface area contributed by atoms with E-state index in [9.17, 15) is 0 Å². The first-order chi connectivity index (χ1) is 11.6. The van der Waals surface area contributed by atoms with Crippen molar-refractivity contribution in [3.05, 3.63) is 40.5 Å². The van der Waals surface area contributed by atoms with Crippen LogP contribution in [0.15, 0.2) is 30.3 Å². The Morgan fingerprint density at radius 3 is 2.08 bits per heavy atom. The second kappa shape index (κ2) is 6.71. The molecule has 0 bridgehead atoms. The average Bonchev–Trinajstić information content (AvgIpc) is 2.60. The first kappa shape index (κ1) is 16.6. The number of methoxy groups -OCH3 is 3. The minimum Gasteiger partial charge on any atom is -0.493 e. The van der Waals surface area contributed by atoms with E-state index in [1.165, 1.54) is 14.2 Å². The maximum Gasteiger partial charge on any atom is 0.205 e. The van der Waals surface area contributed by atoms with Crippen LogP contribution in [-0.2, 0) is 0 Å². The molecule has 3 aromatic rings. The van der Waals surface area contributed by atoms with Crippen molar-refractivity contribution in [1.29, 1.82) is 0 Å². The molecule has 1 heterocycles. The van der Waals surface area contributed by atoms with Gasteiger partial charge in [-0.3, -0.25) is 0 Å². The molecule has 0 unspecified atom stereocenters. The van der Waals surface area contributed by atoms with E-state index in [-0.39, 0.29) is 0 Å². The molecule has 0 fully saturated rings. The van der Waals surface area contributed by atoms with Gasteiger partial charge in [0, 0.05) is 16.0 Å². The average molecular weight is 365 g/mol. The van der Waals surface area contributed by atoms with Crippen molar-refractivity contribution in [2.75, 3.05) is 21.3 Å². The van der Waals surface area contributed by atoms with Crippen LogP contribution in [-0.4, -0.2) is 31.3 Å². The van der Waals surface area contributed by atoms with Crippen LogP contribution in [0.25, 0.3) is 22.3 Å². The number of fused-ring (bicyclic) bond motifs is 1. The third-order valence-electron chi connectivity index (χ3n) is 3.55. The summed E-state index contributed by atoms with van der Waals surface area (Å²) in [5.74, 6) is 1.84. The number of aromatic nitrogens is 2. The Kier molecular flexibility index (Phi) is 4.64. The Hall–Kier alpha value is -2.24. The van der Waals surface area contributed by atoms with Gasteiger partial charge in [0.15, 0.2) is 17.3 Å². The third kappa shape index (κ3) is 2.81. The summed E-state index contributed by atoms with van der Waals surface area (Å²) in [6.45, 7) is 0. The first-order valence-corrected chi connectivity index (χ1v) is 7.76. The first-order valence-electron chi connectivity index (χ1n) is 7.01. The lowest BCUT2D eigenvalue weighted by Gasteiger charge is -2.15. The van der Waals surface area contributed by atoms with Crippen LogP contribution in [0.2, 0.25) is 10.2 Å². The van der Waals surface area contributed by atoms with E-state index in [4.69, 9.17) is 37.4 Å². The smallest absolute Gasteiger partial charge is 0.205 e. The van der Waals surface area contributed by atoms with Crippen LogP contribution in [0.5, 0.6) is 17.2 Å². The minimum atomic E-state index is 0.296. The molecule has 0 amide bonds. The van der Waals surface area contributed by atoms with Crippen LogP contribution in [0.1, 0.15) is 0 Å². The van der Waals surface area contributed by atoms with E-state index in [0.29, 0.717) is 44.2 Å². The Labute approximate surface area is 149 Å². The lowest BCUT2D eigenvalue weighted by atomic mass is 10.1. The van der Waals surface area contributed by atoms with Gasteiger partial charge in [-0.25, -0.2) is 9.97 Å². The molecule has 0 saturated carbocycles. The van der Waals surface area contributed by atoms with Gasteiger partial charge in [0.1, 0.15) is 10.7 Å². The van der Waals surface area contributed by atoms with Crippen molar-refractivity contribution < 1.29 is 14.2 Å². The van der Waals surface area contributed by atoms with E-state index in [1.54, 1.807) is 25.3 Å². The van der Waals surface area contributed by atoms with Gasteiger partial charge in [-0.1, -0.05) is 23.2 Å². The van der Waals surface area contributed by atoms with Gasteiger partial charge >= 0.3 is 0 Å². The highest BCUT2D eigenvalue weighted by molar-refractivity contribution is 6.34. The lowest BCUT2D eigenvalue weighted by Crippen LogP contribution is -1.99. The van der Waals surface area contributed by atoms with Crippen molar-refractivity contribution in [2.45, 2.75) is 0 Å². The summed E-state index contributed by atoms with van der Waals surface area (Å²) in [5, 5.41) is 1.54. The topological polar surface area (TPSA) is 53.5 Å². The zero-order valence-electron chi connectivity index (χ0n) is 13.3. The predicted molar refractivity (Wildman–Crippen MR) is 94.7 cm³/mol. The molecule has 0 atom stereocenters. The second-order valence-electron chi connectivity index (χ2n) is 4.89. The van der Waals surface area contributed by atoms with Gasteiger partial charge in [-0.2, -0.15) is 0 Å². The summed E-state index contributed by atoms with van der Waals surface area (Å²) in [4.78, 5) is 8.96. The fourth-order valence-corrected chi connectivity index (χ4v) is 2.77. The number of nitrogens with zero attached hydrogens (tertiary/aromatic N) is 2. The molecule has 1 aromatic heterocycles. The van der Waals surface area contributed by atoms with Crippen molar-refractivity contribution >= 4 is 34.1 Å². The molecule has 2 aromatic carbocycles. The fourth-order valence-electron chi connectivity index (χ4n) is 2.42. The molecule has 0 aliphatic rings. The zero-order chi connectivity index (χ0) is 17.3. The lowest BCUT2D eigenvalue weighted by molar-refractivity contribution is 0.327. The summed E-state index contributed by atoms with van der Waals surface area (Å²) in [7, 11) is 4.61. The summed E-state index contributed by atoms with van der Waals surface area (Å²) < 4.78 is 16.2. The Morgan fingerprint density at radius 2 is 1.50 bits per heavy atom. The number of halogens is 2. The monoisotopic (exact) mass is 364 g/mol. The maximum atomic E-state index is 6.37. The van der Waals surface area contributed by atoms with Crippen LogP contribution in [0.3, 0.4) is 0 Å². The molecule has 7 heteroatoms. The van der Waals surface area contributed by atoms with Crippen LogP contribution < -0.4 is 14.2 Å². The number of rotatable bonds is 4. The zero-order valence-corrected chi connectivity index (χ0v) is 14.8.